The maximum atomic E-state index is 12.1. The maximum Gasteiger partial charge on any atom is 0.258 e. The molecular formula is C20H23NO4. The Balaban J connectivity index is 1.54. The Morgan fingerprint density at radius 2 is 1.84 bits per heavy atom. The molecule has 3 rings (SSSR count). The minimum absolute atomic E-state index is 0.0468. The number of rotatable bonds is 5. The lowest BCUT2D eigenvalue weighted by atomic mass is 10.0. The molecule has 0 aliphatic carbocycles. The fourth-order valence-electron chi connectivity index (χ4n) is 2.66. The van der Waals surface area contributed by atoms with Gasteiger partial charge in [0.15, 0.2) is 18.1 Å². The number of hydrogen-bond donors (Lipinski definition) is 1. The Labute approximate surface area is 147 Å². The molecule has 132 valence electrons. The third kappa shape index (κ3) is 4.24. The van der Waals surface area contributed by atoms with Gasteiger partial charge in [0.2, 0.25) is 0 Å². The van der Waals surface area contributed by atoms with Gasteiger partial charge < -0.3 is 19.5 Å². The van der Waals surface area contributed by atoms with Gasteiger partial charge in [0.1, 0.15) is 19.0 Å². The third-order valence-electron chi connectivity index (χ3n) is 4.29. The number of carbonyl (C=O) groups is 1. The Kier molecular flexibility index (Phi) is 5.12. The van der Waals surface area contributed by atoms with Crippen LogP contribution >= 0.6 is 0 Å². The lowest BCUT2D eigenvalue weighted by Crippen LogP contribution is -2.31. The molecule has 25 heavy (non-hydrogen) atoms. The van der Waals surface area contributed by atoms with Crippen molar-refractivity contribution in [2.75, 3.05) is 19.8 Å². The smallest absolute Gasteiger partial charge is 0.258 e. The van der Waals surface area contributed by atoms with Gasteiger partial charge in [-0.2, -0.15) is 0 Å². The molecule has 1 atom stereocenters. The van der Waals surface area contributed by atoms with Gasteiger partial charge in [-0.1, -0.05) is 18.2 Å². The van der Waals surface area contributed by atoms with Crippen molar-refractivity contribution in [3.8, 4) is 17.2 Å². The summed E-state index contributed by atoms with van der Waals surface area (Å²) < 4.78 is 16.5. The van der Waals surface area contributed by atoms with E-state index in [1.807, 2.05) is 13.0 Å². The molecule has 0 saturated heterocycles. The zero-order chi connectivity index (χ0) is 17.8. The minimum atomic E-state index is -0.166. The minimum Gasteiger partial charge on any atom is -0.486 e. The van der Waals surface area contributed by atoms with Crippen LogP contribution in [0.15, 0.2) is 36.4 Å². The van der Waals surface area contributed by atoms with Gasteiger partial charge >= 0.3 is 0 Å². The van der Waals surface area contributed by atoms with Gasteiger partial charge in [0.25, 0.3) is 5.91 Å². The second-order valence-electron chi connectivity index (χ2n) is 6.23. The van der Waals surface area contributed by atoms with Crippen LogP contribution in [-0.4, -0.2) is 25.7 Å². The molecule has 1 N–H and O–H groups in total. The van der Waals surface area contributed by atoms with Crippen molar-refractivity contribution in [2.24, 2.45) is 0 Å². The van der Waals surface area contributed by atoms with E-state index in [0.717, 1.165) is 5.56 Å². The van der Waals surface area contributed by atoms with Crippen LogP contribution in [0.25, 0.3) is 0 Å². The standard InChI is InChI=1S/C20H23NO4/c1-13-4-5-16(10-14(13)2)15(3)21-20(22)12-25-17-6-7-18-19(11-17)24-9-8-23-18/h4-7,10-11,15H,8-9,12H2,1-3H3,(H,21,22). The van der Waals surface area contributed by atoms with Gasteiger partial charge in [-0.15, -0.1) is 0 Å². The van der Waals surface area contributed by atoms with Crippen molar-refractivity contribution in [2.45, 2.75) is 26.8 Å². The second-order valence-corrected chi connectivity index (χ2v) is 6.23. The highest BCUT2D eigenvalue weighted by molar-refractivity contribution is 5.78. The largest absolute Gasteiger partial charge is 0.486 e. The Hall–Kier alpha value is -2.69. The predicted octanol–water partition coefficient (Wildman–Crippen LogP) is 3.33. The van der Waals surface area contributed by atoms with Crippen molar-refractivity contribution in [3.05, 3.63) is 53.1 Å². The van der Waals surface area contributed by atoms with E-state index in [1.165, 1.54) is 11.1 Å². The lowest BCUT2D eigenvalue weighted by molar-refractivity contribution is -0.123. The van der Waals surface area contributed by atoms with E-state index in [0.29, 0.717) is 30.5 Å². The van der Waals surface area contributed by atoms with Crippen LogP contribution in [0, 0.1) is 13.8 Å². The highest BCUT2D eigenvalue weighted by Gasteiger charge is 2.14. The van der Waals surface area contributed by atoms with Crippen LogP contribution in [0.1, 0.15) is 29.7 Å². The number of hydrogen-bond acceptors (Lipinski definition) is 4. The zero-order valence-electron chi connectivity index (χ0n) is 14.8. The van der Waals surface area contributed by atoms with Crippen molar-refractivity contribution < 1.29 is 19.0 Å². The molecule has 0 aromatic heterocycles. The predicted molar refractivity (Wildman–Crippen MR) is 95.4 cm³/mol. The molecule has 5 nitrogen and oxygen atoms in total. The highest BCUT2D eigenvalue weighted by atomic mass is 16.6. The average molecular weight is 341 g/mol. The third-order valence-corrected chi connectivity index (χ3v) is 4.29. The van der Waals surface area contributed by atoms with E-state index in [2.05, 4.69) is 31.3 Å². The molecule has 2 aromatic rings. The summed E-state index contributed by atoms with van der Waals surface area (Å²) >= 11 is 0. The molecule has 1 amide bonds. The topological polar surface area (TPSA) is 56.8 Å². The first kappa shape index (κ1) is 17.1. The SMILES string of the molecule is Cc1ccc(C(C)NC(=O)COc2ccc3c(c2)OCCO3)cc1C. The summed E-state index contributed by atoms with van der Waals surface area (Å²) in [7, 11) is 0. The van der Waals surface area contributed by atoms with E-state index in [1.54, 1.807) is 18.2 Å². The van der Waals surface area contributed by atoms with E-state index >= 15 is 0 Å². The van der Waals surface area contributed by atoms with Gasteiger partial charge in [0, 0.05) is 6.07 Å². The molecule has 1 heterocycles. The number of aryl methyl sites for hydroxylation is 2. The van der Waals surface area contributed by atoms with Crippen LogP contribution in [0.5, 0.6) is 17.2 Å². The van der Waals surface area contributed by atoms with Gasteiger partial charge in [-0.05, 0) is 49.6 Å². The quantitative estimate of drug-likeness (QED) is 0.906. The maximum absolute atomic E-state index is 12.1. The van der Waals surface area contributed by atoms with Crippen LogP contribution in [0.3, 0.4) is 0 Å². The van der Waals surface area contributed by atoms with Crippen LogP contribution in [-0.2, 0) is 4.79 Å². The Morgan fingerprint density at radius 3 is 2.60 bits per heavy atom. The number of ether oxygens (including phenoxy) is 3. The molecular weight excluding hydrogens is 318 g/mol. The summed E-state index contributed by atoms with van der Waals surface area (Å²) in [5, 5.41) is 2.96. The summed E-state index contributed by atoms with van der Waals surface area (Å²) in [5.41, 5.74) is 3.53. The van der Waals surface area contributed by atoms with Crippen LogP contribution in [0.4, 0.5) is 0 Å². The fraction of sp³-hybridized carbons (Fsp3) is 0.350. The van der Waals surface area contributed by atoms with Gasteiger partial charge in [-0.3, -0.25) is 4.79 Å². The Morgan fingerprint density at radius 1 is 1.08 bits per heavy atom. The molecule has 0 spiro atoms. The zero-order valence-corrected chi connectivity index (χ0v) is 14.8. The number of benzene rings is 2. The van der Waals surface area contributed by atoms with Crippen LogP contribution in [0.2, 0.25) is 0 Å². The summed E-state index contributed by atoms with van der Waals surface area (Å²) in [6.45, 7) is 7.12. The summed E-state index contributed by atoms with van der Waals surface area (Å²) in [5.74, 6) is 1.76. The fourth-order valence-corrected chi connectivity index (χ4v) is 2.66. The summed E-state index contributed by atoms with van der Waals surface area (Å²) in [6.07, 6.45) is 0. The molecule has 1 aliphatic heterocycles. The molecule has 0 radical (unpaired) electrons. The molecule has 0 fully saturated rings. The van der Waals surface area contributed by atoms with E-state index in [-0.39, 0.29) is 18.6 Å². The van der Waals surface area contributed by atoms with Crippen LogP contribution < -0.4 is 19.5 Å². The molecule has 0 bridgehead atoms. The molecule has 2 aromatic carbocycles. The molecule has 5 heteroatoms. The average Bonchev–Trinajstić information content (AvgIpc) is 2.62. The number of fused-ring (bicyclic) bond motifs is 1. The molecule has 0 saturated carbocycles. The van der Waals surface area contributed by atoms with Crippen molar-refractivity contribution >= 4 is 5.91 Å². The lowest BCUT2D eigenvalue weighted by Gasteiger charge is -2.19. The van der Waals surface area contributed by atoms with E-state index in [9.17, 15) is 4.79 Å². The van der Waals surface area contributed by atoms with Gasteiger partial charge in [0.05, 0.1) is 6.04 Å². The highest BCUT2D eigenvalue weighted by Crippen LogP contribution is 2.33. The summed E-state index contributed by atoms with van der Waals surface area (Å²) in [4.78, 5) is 12.1. The monoisotopic (exact) mass is 341 g/mol. The normalized spacial score (nSPS) is 13.9. The first-order valence-electron chi connectivity index (χ1n) is 8.42. The van der Waals surface area contributed by atoms with E-state index < -0.39 is 0 Å². The van der Waals surface area contributed by atoms with Crippen molar-refractivity contribution in [1.29, 1.82) is 0 Å². The van der Waals surface area contributed by atoms with Gasteiger partial charge in [-0.25, -0.2) is 0 Å². The van der Waals surface area contributed by atoms with Crippen molar-refractivity contribution in [1.82, 2.24) is 5.32 Å². The Bertz CT molecular complexity index is 772. The van der Waals surface area contributed by atoms with E-state index in [4.69, 9.17) is 14.2 Å². The number of nitrogens with one attached hydrogen (secondary N) is 1. The van der Waals surface area contributed by atoms with Crippen molar-refractivity contribution in [3.63, 3.8) is 0 Å². The first-order valence-corrected chi connectivity index (χ1v) is 8.42. The second kappa shape index (κ2) is 7.47. The number of amides is 1. The summed E-state index contributed by atoms with van der Waals surface area (Å²) in [6, 6.07) is 11.4. The number of carbonyl (C=O) groups excluding carboxylic acids is 1. The molecule has 1 unspecified atom stereocenters. The molecule has 1 aliphatic rings. The first-order chi connectivity index (χ1) is 12.0.